The SMILES string of the molecule is CC(C)C[C@H](NC(=O)[C@H](CCCCN)NC(=O)[C@H](CC(C)C)NC(=O)[C@H](CCCCN)NC(=O)[C@H](CC(C)C)NC(=O)[C@H](CCCCN)NC(=O)[C@H](Cc1c[nH]c2ccccc12)NC(=O)[C@@H]1CCCN1)C(=O)O. The van der Waals surface area contributed by atoms with Crippen LogP contribution in [0.5, 0.6) is 0 Å². The molecule has 1 aliphatic heterocycles. The highest BCUT2D eigenvalue weighted by molar-refractivity contribution is 5.98. The van der Waals surface area contributed by atoms with Crippen molar-refractivity contribution in [3.8, 4) is 0 Å². The largest absolute Gasteiger partial charge is 0.480 e. The summed E-state index contributed by atoms with van der Waals surface area (Å²) in [6.07, 6.45) is 7.36. The molecule has 0 unspecified atom stereocenters. The monoisotopic (exact) mass is 1020 g/mol. The number of carboxylic acid groups (broad SMARTS) is 1. The Bertz CT molecular complexity index is 2070. The Balaban J connectivity index is 1.88. The molecule has 2 heterocycles. The first-order valence-electron chi connectivity index (χ1n) is 26.5. The van der Waals surface area contributed by atoms with Crippen molar-refractivity contribution in [3.05, 3.63) is 36.0 Å². The van der Waals surface area contributed by atoms with E-state index in [-0.39, 0.29) is 68.6 Å². The summed E-state index contributed by atoms with van der Waals surface area (Å²) in [5, 5.41) is 33.5. The van der Waals surface area contributed by atoms with Gasteiger partial charge in [0.15, 0.2) is 0 Å². The zero-order valence-corrected chi connectivity index (χ0v) is 44.1. The fourth-order valence-electron chi connectivity index (χ4n) is 8.93. The topological polar surface area (TPSA) is 347 Å². The van der Waals surface area contributed by atoms with Crippen LogP contribution in [0.3, 0.4) is 0 Å². The van der Waals surface area contributed by atoms with Crippen molar-refractivity contribution in [2.45, 2.75) is 186 Å². The molecule has 0 saturated carbocycles. The minimum Gasteiger partial charge on any atom is -0.480 e. The second kappa shape index (κ2) is 32.5. The van der Waals surface area contributed by atoms with E-state index >= 15 is 0 Å². The van der Waals surface area contributed by atoms with Gasteiger partial charge in [0.1, 0.15) is 42.3 Å². The summed E-state index contributed by atoms with van der Waals surface area (Å²) in [5.74, 6) is -5.67. The lowest BCUT2D eigenvalue weighted by Crippen LogP contribution is -2.60. The maximum atomic E-state index is 14.4. The third-order valence-electron chi connectivity index (χ3n) is 12.9. The normalized spacial score (nSPS) is 16.5. The molecule has 0 radical (unpaired) electrons. The number of rotatable bonds is 35. The van der Waals surface area contributed by atoms with Crippen molar-refractivity contribution in [2.75, 3.05) is 26.2 Å². The van der Waals surface area contributed by atoms with Gasteiger partial charge in [-0.05, 0) is 145 Å². The Morgan fingerprint density at radius 3 is 1.36 bits per heavy atom. The first-order valence-corrected chi connectivity index (χ1v) is 26.5. The molecule has 1 fully saturated rings. The van der Waals surface area contributed by atoms with Crippen LogP contribution in [0.4, 0.5) is 0 Å². The van der Waals surface area contributed by atoms with Crippen molar-refractivity contribution in [1.82, 2.24) is 47.5 Å². The van der Waals surface area contributed by atoms with E-state index in [1.165, 1.54) is 0 Å². The maximum absolute atomic E-state index is 14.4. The van der Waals surface area contributed by atoms with Crippen molar-refractivity contribution in [2.24, 2.45) is 35.0 Å². The molecule has 1 aromatic heterocycles. The van der Waals surface area contributed by atoms with E-state index in [4.69, 9.17) is 17.2 Å². The molecule has 1 saturated heterocycles. The predicted molar refractivity (Wildman–Crippen MR) is 281 cm³/mol. The summed E-state index contributed by atoms with van der Waals surface area (Å²) in [6.45, 7) is 12.8. The zero-order chi connectivity index (χ0) is 54.0. The van der Waals surface area contributed by atoms with Gasteiger partial charge in [-0.15, -0.1) is 0 Å². The van der Waals surface area contributed by atoms with Crippen LogP contribution in [-0.2, 0) is 44.8 Å². The van der Waals surface area contributed by atoms with E-state index in [2.05, 4.69) is 47.5 Å². The van der Waals surface area contributed by atoms with E-state index in [0.717, 1.165) is 22.9 Å². The molecule has 2 aromatic rings. The van der Waals surface area contributed by atoms with E-state index < -0.39 is 89.7 Å². The number of hydrogen-bond donors (Lipinski definition) is 13. The number of benzene rings is 1. The van der Waals surface area contributed by atoms with Crippen LogP contribution in [0.1, 0.15) is 137 Å². The summed E-state index contributed by atoms with van der Waals surface area (Å²) < 4.78 is 0. The van der Waals surface area contributed by atoms with E-state index in [9.17, 15) is 43.5 Å². The molecule has 0 bridgehead atoms. The lowest BCUT2D eigenvalue weighted by molar-refractivity contribution is -0.143. The summed E-state index contributed by atoms with van der Waals surface area (Å²) in [4.78, 5) is 114. The number of para-hydroxylation sites is 1. The first-order chi connectivity index (χ1) is 34.8. The Kier molecular flexibility index (Phi) is 27.5. The highest BCUT2D eigenvalue weighted by Gasteiger charge is 2.35. The number of H-pyrrole nitrogens is 1. The molecule has 3 rings (SSSR count). The van der Waals surface area contributed by atoms with E-state index in [1.54, 1.807) is 6.20 Å². The molecule has 0 spiro atoms. The highest BCUT2D eigenvalue weighted by atomic mass is 16.4. The van der Waals surface area contributed by atoms with Crippen molar-refractivity contribution >= 4 is 58.2 Å². The van der Waals surface area contributed by atoms with E-state index in [1.807, 2.05) is 65.8 Å². The molecular weight excluding hydrogens is 937 g/mol. The summed E-state index contributed by atoms with van der Waals surface area (Å²) in [5.41, 5.74) is 19.0. The third-order valence-corrected chi connectivity index (χ3v) is 12.9. The number of aromatic amines is 1. The molecule has 21 heteroatoms. The third kappa shape index (κ3) is 21.8. The Morgan fingerprint density at radius 2 is 0.945 bits per heavy atom. The van der Waals surface area contributed by atoms with Gasteiger partial charge in [-0.2, -0.15) is 0 Å². The van der Waals surface area contributed by atoms with Crippen LogP contribution in [0.25, 0.3) is 10.9 Å². The molecule has 410 valence electrons. The Morgan fingerprint density at radius 1 is 0.548 bits per heavy atom. The number of carbonyl (C=O) groups excluding carboxylic acids is 7. The summed E-state index contributed by atoms with van der Waals surface area (Å²) >= 11 is 0. The fraction of sp³-hybridized carbons (Fsp3) is 0.692. The average Bonchev–Trinajstić information content (AvgIpc) is 4.03. The van der Waals surface area contributed by atoms with Crippen LogP contribution in [0, 0.1) is 17.8 Å². The van der Waals surface area contributed by atoms with Gasteiger partial charge in [0.2, 0.25) is 41.4 Å². The molecule has 8 atom stereocenters. The van der Waals surface area contributed by atoms with Crippen molar-refractivity contribution in [3.63, 3.8) is 0 Å². The van der Waals surface area contributed by atoms with Gasteiger partial charge in [-0.3, -0.25) is 33.6 Å². The number of carboxylic acids is 1. The van der Waals surface area contributed by atoms with Crippen molar-refractivity contribution < 1.29 is 43.5 Å². The lowest BCUT2D eigenvalue weighted by atomic mass is 9.99. The number of nitrogens with one attached hydrogen (secondary N) is 9. The van der Waals surface area contributed by atoms with Crippen LogP contribution in [-0.4, -0.2) is 132 Å². The van der Waals surface area contributed by atoms with Gasteiger partial charge >= 0.3 is 5.97 Å². The lowest BCUT2D eigenvalue weighted by Gasteiger charge is -2.29. The highest BCUT2D eigenvalue weighted by Crippen LogP contribution is 2.20. The van der Waals surface area contributed by atoms with Gasteiger partial charge in [-0.25, -0.2) is 4.79 Å². The molecule has 1 aromatic carbocycles. The molecule has 0 aliphatic carbocycles. The van der Waals surface area contributed by atoms with Crippen LogP contribution >= 0.6 is 0 Å². The number of fused-ring (bicyclic) bond motifs is 1. The average molecular weight is 1030 g/mol. The van der Waals surface area contributed by atoms with Crippen LogP contribution in [0.2, 0.25) is 0 Å². The number of carbonyl (C=O) groups is 8. The Hall–Kier alpha value is -5.64. The molecular formula is C52H88N12O9. The maximum Gasteiger partial charge on any atom is 0.326 e. The molecule has 1 aliphatic rings. The minimum absolute atomic E-state index is 0.0373. The molecule has 21 nitrogen and oxygen atoms in total. The quantitative estimate of drug-likeness (QED) is 0.0436. The second-order valence-corrected chi connectivity index (χ2v) is 20.7. The fourth-order valence-corrected chi connectivity index (χ4v) is 8.93. The Labute approximate surface area is 431 Å². The summed E-state index contributed by atoms with van der Waals surface area (Å²) in [6, 6.07) is -0.816. The van der Waals surface area contributed by atoms with Gasteiger partial charge < -0.3 is 69.8 Å². The predicted octanol–water partition coefficient (Wildman–Crippen LogP) is 1.47. The van der Waals surface area contributed by atoms with Crippen LogP contribution < -0.4 is 59.7 Å². The van der Waals surface area contributed by atoms with Gasteiger partial charge in [0.05, 0.1) is 6.04 Å². The number of aromatic nitrogens is 1. The standard InChI is InChI=1S/C52H88N12O9/c1-31(2)26-41(62-47(67)39(19-10-13-23-54)60-51(71)43(63-45(65)37-21-15-25-56-37)29-34-30-57-36-17-8-7-16-35(34)36)49(69)58-38(18-9-12-22-53)46(66)61-42(27-32(3)4)50(70)59-40(20-11-14-24-55)48(68)64-44(52(72)73)28-33(5)6/h7-8,16-17,30-33,37-44,56-57H,9-15,18-29,53-55H2,1-6H3,(H,58,69)(H,59,70)(H,60,71)(H,61,66)(H,62,67)(H,63,65)(H,64,68)(H,72,73)/t37-,38-,39-,40-,41-,42-,43-,44-/m0/s1. The minimum atomic E-state index is -1.20. The van der Waals surface area contributed by atoms with Crippen LogP contribution in [0.15, 0.2) is 30.5 Å². The number of aliphatic carboxylic acids is 1. The van der Waals surface area contributed by atoms with E-state index in [0.29, 0.717) is 71.1 Å². The number of nitrogens with two attached hydrogens (primary N) is 3. The number of unbranched alkanes of at least 4 members (excludes halogenated alkanes) is 3. The van der Waals surface area contributed by atoms with Gasteiger partial charge in [-0.1, -0.05) is 59.7 Å². The molecule has 73 heavy (non-hydrogen) atoms. The number of amides is 7. The molecule has 16 N–H and O–H groups in total. The molecule has 7 amide bonds. The zero-order valence-electron chi connectivity index (χ0n) is 44.1. The summed E-state index contributed by atoms with van der Waals surface area (Å²) in [7, 11) is 0. The van der Waals surface area contributed by atoms with Gasteiger partial charge in [0, 0.05) is 23.5 Å². The number of hydrogen-bond acceptors (Lipinski definition) is 12. The van der Waals surface area contributed by atoms with Gasteiger partial charge in [0.25, 0.3) is 0 Å². The second-order valence-electron chi connectivity index (χ2n) is 20.7. The van der Waals surface area contributed by atoms with Crippen molar-refractivity contribution in [1.29, 1.82) is 0 Å². The first kappa shape index (κ1) is 61.7. The smallest absolute Gasteiger partial charge is 0.326 e.